The molecule has 0 bridgehead atoms. The molecule has 0 saturated carbocycles. The van der Waals surface area contributed by atoms with Gasteiger partial charge in [-0.05, 0) is 42.8 Å². The third kappa shape index (κ3) is 4.82. The fraction of sp³-hybridized carbons (Fsp3) is 0.263. The van der Waals surface area contributed by atoms with E-state index >= 15 is 0 Å². The third-order valence-electron chi connectivity index (χ3n) is 3.12. The van der Waals surface area contributed by atoms with E-state index < -0.39 is 0 Å². The van der Waals surface area contributed by atoms with Crippen molar-refractivity contribution < 1.29 is 0 Å². The quantitative estimate of drug-likeness (QED) is 0.609. The molecule has 0 amide bonds. The number of unbranched alkanes of at least 4 members (excludes halogenated alkanes) is 2. The fourth-order valence-corrected chi connectivity index (χ4v) is 1.94. The first-order valence-electron chi connectivity index (χ1n) is 7.29. The second-order valence-electron chi connectivity index (χ2n) is 4.83. The Labute approximate surface area is 122 Å². The van der Waals surface area contributed by atoms with E-state index in [1.54, 1.807) is 0 Å². The van der Waals surface area contributed by atoms with Gasteiger partial charge in [0.2, 0.25) is 0 Å². The number of hydrogen-bond acceptors (Lipinski definition) is 1. The van der Waals surface area contributed by atoms with Crippen LogP contribution < -0.4 is 5.32 Å². The van der Waals surface area contributed by atoms with Crippen LogP contribution in [0.5, 0.6) is 0 Å². The summed E-state index contributed by atoms with van der Waals surface area (Å²) in [6, 6.07) is 18.4. The number of benzene rings is 2. The van der Waals surface area contributed by atoms with Crippen molar-refractivity contribution in [2.75, 3.05) is 11.9 Å². The van der Waals surface area contributed by atoms with Gasteiger partial charge in [-0.2, -0.15) is 0 Å². The average molecular weight is 263 g/mol. The van der Waals surface area contributed by atoms with Crippen LogP contribution in [-0.2, 0) is 0 Å². The number of rotatable bonds is 5. The lowest BCUT2D eigenvalue weighted by Crippen LogP contribution is -2.00. The normalized spacial score (nSPS) is 9.65. The lowest BCUT2D eigenvalue weighted by Gasteiger charge is -2.05. The molecule has 2 aromatic rings. The molecule has 1 nitrogen and oxygen atoms in total. The van der Waals surface area contributed by atoms with Crippen molar-refractivity contribution in [3.63, 3.8) is 0 Å². The Bertz CT molecular complexity index is 558. The monoisotopic (exact) mass is 263 g/mol. The minimum absolute atomic E-state index is 1.04. The third-order valence-corrected chi connectivity index (χ3v) is 3.12. The van der Waals surface area contributed by atoms with Crippen LogP contribution >= 0.6 is 0 Å². The summed E-state index contributed by atoms with van der Waals surface area (Å²) in [4.78, 5) is 0. The maximum Gasteiger partial charge on any atom is 0.0341 e. The van der Waals surface area contributed by atoms with Crippen LogP contribution in [0.3, 0.4) is 0 Å². The maximum absolute atomic E-state index is 3.43. The molecule has 0 heterocycles. The number of hydrogen-bond donors (Lipinski definition) is 1. The summed E-state index contributed by atoms with van der Waals surface area (Å²) in [6.45, 7) is 3.27. The van der Waals surface area contributed by atoms with Crippen LogP contribution in [0.2, 0.25) is 0 Å². The van der Waals surface area contributed by atoms with E-state index in [2.05, 4.69) is 48.3 Å². The molecule has 0 aliphatic heterocycles. The Morgan fingerprint density at radius 3 is 2.10 bits per heavy atom. The molecular weight excluding hydrogens is 242 g/mol. The molecular formula is C19H21N. The van der Waals surface area contributed by atoms with E-state index in [4.69, 9.17) is 0 Å². The molecule has 1 heteroatoms. The molecule has 0 aliphatic carbocycles. The van der Waals surface area contributed by atoms with Crippen molar-refractivity contribution in [3.05, 3.63) is 65.7 Å². The standard InChI is InChI=1S/C19H21N/c1-2-3-7-16-20-19-14-12-18(13-15-19)11-10-17-8-5-4-6-9-17/h4-6,8-9,12-15,20H,2-3,7,16H2,1H3. The molecule has 0 unspecified atom stereocenters. The number of nitrogens with one attached hydrogen (secondary N) is 1. The van der Waals surface area contributed by atoms with Crippen molar-refractivity contribution in [1.82, 2.24) is 0 Å². The van der Waals surface area contributed by atoms with Crippen LogP contribution in [0.4, 0.5) is 5.69 Å². The van der Waals surface area contributed by atoms with Gasteiger partial charge >= 0.3 is 0 Å². The zero-order valence-electron chi connectivity index (χ0n) is 12.0. The van der Waals surface area contributed by atoms with Gasteiger partial charge in [-0.3, -0.25) is 0 Å². The molecule has 0 aliphatic rings. The topological polar surface area (TPSA) is 12.0 Å². The summed E-state index contributed by atoms with van der Waals surface area (Å²) >= 11 is 0. The van der Waals surface area contributed by atoms with Crippen molar-refractivity contribution in [2.45, 2.75) is 26.2 Å². The summed E-state index contributed by atoms with van der Waals surface area (Å²) in [7, 11) is 0. The predicted molar refractivity (Wildman–Crippen MR) is 86.9 cm³/mol. The van der Waals surface area contributed by atoms with Gasteiger partial charge in [0.25, 0.3) is 0 Å². The Morgan fingerprint density at radius 1 is 0.800 bits per heavy atom. The van der Waals surface area contributed by atoms with Gasteiger partial charge in [0.1, 0.15) is 0 Å². The zero-order valence-corrected chi connectivity index (χ0v) is 12.0. The van der Waals surface area contributed by atoms with Crippen LogP contribution in [0.25, 0.3) is 0 Å². The van der Waals surface area contributed by atoms with Gasteiger partial charge in [-0.1, -0.05) is 49.8 Å². The number of anilines is 1. The van der Waals surface area contributed by atoms with Crippen LogP contribution in [0.1, 0.15) is 37.3 Å². The maximum atomic E-state index is 3.43. The lowest BCUT2D eigenvalue weighted by molar-refractivity contribution is 0.744. The lowest BCUT2D eigenvalue weighted by atomic mass is 10.1. The first-order valence-corrected chi connectivity index (χ1v) is 7.29. The smallest absolute Gasteiger partial charge is 0.0341 e. The molecule has 0 saturated heterocycles. The Kier molecular flexibility index (Phi) is 5.73. The minimum atomic E-state index is 1.04. The SMILES string of the molecule is CCCCCNc1ccc(C#Cc2ccccc2)cc1. The highest BCUT2D eigenvalue weighted by Gasteiger charge is 1.92. The molecule has 0 aromatic heterocycles. The average Bonchev–Trinajstić information content (AvgIpc) is 2.52. The molecule has 0 atom stereocenters. The first-order chi connectivity index (χ1) is 9.88. The Balaban J connectivity index is 1.90. The van der Waals surface area contributed by atoms with E-state index in [1.807, 2.05) is 30.3 Å². The van der Waals surface area contributed by atoms with Gasteiger partial charge in [0.05, 0.1) is 0 Å². The molecule has 2 aromatic carbocycles. The van der Waals surface area contributed by atoms with Gasteiger partial charge in [-0.15, -0.1) is 0 Å². The molecule has 20 heavy (non-hydrogen) atoms. The van der Waals surface area contributed by atoms with E-state index in [1.165, 1.54) is 24.9 Å². The van der Waals surface area contributed by atoms with Gasteiger partial charge in [0, 0.05) is 23.4 Å². The molecule has 1 N–H and O–H groups in total. The van der Waals surface area contributed by atoms with Gasteiger partial charge in [-0.25, -0.2) is 0 Å². The van der Waals surface area contributed by atoms with Crippen LogP contribution in [0, 0.1) is 11.8 Å². The van der Waals surface area contributed by atoms with Crippen LogP contribution in [-0.4, -0.2) is 6.54 Å². The van der Waals surface area contributed by atoms with Crippen molar-refractivity contribution in [1.29, 1.82) is 0 Å². The molecule has 2 rings (SSSR count). The van der Waals surface area contributed by atoms with Gasteiger partial charge < -0.3 is 5.32 Å². The first kappa shape index (κ1) is 14.2. The van der Waals surface area contributed by atoms with E-state index in [0.29, 0.717) is 0 Å². The molecule has 0 radical (unpaired) electrons. The van der Waals surface area contributed by atoms with Gasteiger partial charge in [0.15, 0.2) is 0 Å². The van der Waals surface area contributed by atoms with Crippen molar-refractivity contribution in [3.8, 4) is 11.8 Å². The van der Waals surface area contributed by atoms with E-state index in [9.17, 15) is 0 Å². The van der Waals surface area contributed by atoms with Crippen molar-refractivity contribution >= 4 is 5.69 Å². The van der Waals surface area contributed by atoms with Crippen LogP contribution in [0.15, 0.2) is 54.6 Å². The summed E-state index contributed by atoms with van der Waals surface area (Å²) in [5.41, 5.74) is 3.27. The van der Waals surface area contributed by atoms with Crippen molar-refractivity contribution in [2.24, 2.45) is 0 Å². The Morgan fingerprint density at radius 2 is 1.45 bits per heavy atom. The van der Waals surface area contributed by atoms with E-state index in [-0.39, 0.29) is 0 Å². The Hall–Kier alpha value is -2.20. The predicted octanol–water partition coefficient (Wildman–Crippen LogP) is 4.69. The second kappa shape index (κ2) is 8.07. The molecule has 0 fully saturated rings. The largest absolute Gasteiger partial charge is 0.385 e. The van der Waals surface area contributed by atoms with E-state index in [0.717, 1.165) is 17.7 Å². The highest BCUT2D eigenvalue weighted by atomic mass is 14.9. The summed E-state index contributed by atoms with van der Waals surface area (Å²) < 4.78 is 0. The highest BCUT2D eigenvalue weighted by molar-refractivity contribution is 5.50. The second-order valence-corrected chi connectivity index (χ2v) is 4.83. The zero-order chi connectivity index (χ0) is 14.0. The summed E-state index contributed by atoms with van der Waals surface area (Å²) in [5, 5.41) is 3.43. The highest BCUT2D eigenvalue weighted by Crippen LogP contribution is 2.09. The molecule has 102 valence electrons. The minimum Gasteiger partial charge on any atom is -0.385 e. The fourth-order valence-electron chi connectivity index (χ4n) is 1.94. The molecule has 0 spiro atoms. The summed E-state index contributed by atoms with van der Waals surface area (Å²) in [5.74, 6) is 6.36. The summed E-state index contributed by atoms with van der Waals surface area (Å²) in [6.07, 6.45) is 3.77.